The maximum Gasteiger partial charge on any atom is 2.00 e. The molecule has 8 aromatic rings. The molecule has 410 valence electrons. The molecule has 0 bridgehead atoms. The molecular formula is C59H58Br4Cl4MgN2O6S2. The molecule has 0 spiro atoms. The van der Waals surface area contributed by atoms with E-state index in [1.807, 2.05) is 97.1 Å². The number of pyridine rings is 2. The number of carbonyl (C=O) groups excluding carboxylic acids is 1. The van der Waals surface area contributed by atoms with Gasteiger partial charge in [0.15, 0.2) is 17.8 Å². The van der Waals surface area contributed by atoms with Crippen LogP contribution >= 0.6 is 118 Å². The molecule has 6 aromatic carbocycles. The Kier molecular flexibility index (Phi) is 34.5. The van der Waals surface area contributed by atoms with Crippen molar-refractivity contribution in [2.75, 3.05) is 14.2 Å². The van der Waals surface area contributed by atoms with E-state index in [9.17, 15) is 9.90 Å². The Bertz CT molecular complexity index is 3010. The second kappa shape index (κ2) is 37.9. The maximum absolute atomic E-state index is 11.1. The number of aliphatic hydroxyl groups excluding tert-OH is 1. The number of ether oxygens (including phenoxy) is 4. The Morgan fingerprint density at radius 1 is 0.590 bits per heavy atom. The molecule has 0 saturated heterocycles. The van der Waals surface area contributed by atoms with Crippen molar-refractivity contribution in [2.24, 2.45) is 5.92 Å². The molecule has 2 heterocycles. The molecule has 2 aromatic heterocycles. The second-order valence-corrected chi connectivity index (χ2v) is 23.0. The summed E-state index contributed by atoms with van der Waals surface area (Å²) in [7, 11) is 3.32. The van der Waals surface area contributed by atoms with E-state index in [-0.39, 0.29) is 48.9 Å². The molecule has 0 saturated carbocycles. The summed E-state index contributed by atoms with van der Waals surface area (Å²) in [6, 6.07) is 46.5. The predicted molar refractivity (Wildman–Crippen MR) is 335 cm³/mol. The molecule has 19 heteroatoms. The van der Waals surface area contributed by atoms with Gasteiger partial charge in [0, 0.05) is 36.1 Å². The van der Waals surface area contributed by atoms with E-state index in [4.69, 9.17) is 65.4 Å². The molecule has 0 aliphatic heterocycles. The van der Waals surface area contributed by atoms with Gasteiger partial charge >= 0.3 is 23.1 Å². The third kappa shape index (κ3) is 24.2. The number of nitrogens with zero attached hydrogens (tertiary/aromatic N) is 2. The number of aliphatic hydroxyl groups is 1. The number of hydrogen-bond donors (Lipinski definition) is 1. The van der Waals surface area contributed by atoms with E-state index in [1.54, 1.807) is 74.4 Å². The van der Waals surface area contributed by atoms with Gasteiger partial charge in [-0.3, -0.25) is 9.78 Å². The minimum atomic E-state index is -1.09. The summed E-state index contributed by atoms with van der Waals surface area (Å²) in [6.07, 6.45) is 2.95. The van der Waals surface area contributed by atoms with E-state index < -0.39 is 6.10 Å². The average Bonchev–Trinajstić information content (AvgIpc) is 3.39. The van der Waals surface area contributed by atoms with Gasteiger partial charge in [-0.1, -0.05) is 191 Å². The molecule has 8 nitrogen and oxygen atoms in total. The molecule has 1 N–H and O–H groups in total. The molecule has 0 fully saturated rings. The first-order chi connectivity index (χ1) is 36.1. The van der Waals surface area contributed by atoms with Crippen molar-refractivity contribution >= 4 is 147 Å². The van der Waals surface area contributed by atoms with E-state index in [2.05, 4.69) is 103 Å². The van der Waals surface area contributed by atoms with E-state index in [0.29, 0.717) is 67.9 Å². The third-order valence-electron chi connectivity index (χ3n) is 9.99. The van der Waals surface area contributed by atoms with Gasteiger partial charge in [-0.05, 0) is 105 Å². The number of thioether (sulfide) groups is 2. The fourth-order valence-electron chi connectivity index (χ4n) is 6.30. The molecular weight excluding hydrogens is 1380 g/mol. The number of benzene rings is 6. The first kappa shape index (κ1) is 71.1. The monoisotopic (exact) mass is 1430 g/mol. The summed E-state index contributed by atoms with van der Waals surface area (Å²) in [5, 5.41) is 12.5. The van der Waals surface area contributed by atoms with Crippen LogP contribution in [0.15, 0.2) is 181 Å². The number of halogens is 8. The van der Waals surface area contributed by atoms with Gasteiger partial charge in [0.2, 0.25) is 0 Å². The second-order valence-electron chi connectivity index (χ2n) is 16.7. The van der Waals surface area contributed by atoms with Crippen LogP contribution in [0.5, 0.6) is 23.0 Å². The Morgan fingerprint density at radius 2 is 0.974 bits per heavy atom. The van der Waals surface area contributed by atoms with Crippen LogP contribution in [-0.2, 0) is 24.7 Å². The van der Waals surface area contributed by atoms with E-state index in [1.165, 1.54) is 5.56 Å². The van der Waals surface area contributed by atoms with Crippen molar-refractivity contribution in [3.63, 3.8) is 0 Å². The molecule has 78 heavy (non-hydrogen) atoms. The zero-order valence-corrected chi connectivity index (χ0v) is 54.9. The molecule has 0 aliphatic rings. The third-order valence-corrected chi connectivity index (χ3v) is 14.8. The van der Waals surface area contributed by atoms with Crippen molar-refractivity contribution < 1.29 is 47.3 Å². The number of carbonyl (C=O) groups is 1. The fraction of sp³-hybridized carbons (Fsp3) is 0.203. The molecule has 0 radical (unpaired) electrons. The van der Waals surface area contributed by atoms with Crippen molar-refractivity contribution in [2.45, 2.75) is 68.8 Å². The molecule has 0 amide bonds. The molecule has 0 aliphatic carbocycles. The first-order valence-electron chi connectivity index (χ1n) is 23.0. The summed E-state index contributed by atoms with van der Waals surface area (Å²) in [4.78, 5) is 21.1. The number of hydrogen-bond acceptors (Lipinski definition) is 10. The van der Waals surface area contributed by atoms with Gasteiger partial charge in [-0.15, -0.1) is 23.5 Å². The Labute approximate surface area is 541 Å². The maximum atomic E-state index is 11.1. The van der Waals surface area contributed by atoms with Gasteiger partial charge in [0.1, 0.15) is 35.4 Å². The van der Waals surface area contributed by atoms with Gasteiger partial charge in [-0.25, -0.2) is 4.98 Å². The van der Waals surface area contributed by atoms with Crippen molar-refractivity contribution in [1.82, 2.24) is 9.97 Å². The van der Waals surface area contributed by atoms with Crippen LogP contribution in [0.1, 0.15) is 79.6 Å². The SMILES string of the molecule is C.CC(C)C.COc1ccc(CSc2cc(Br)ncc2OCc2ccccc2)cc1.COc1ccc(CSc2cc(C(O)c3c(Cl)cc(Br)cc3Cl)ncc2OCc2ccccc2)cc1.O=Cc1c(Cl)cc(Br)cc1Cl.[Br-].[H-].[Mg+2]. The van der Waals surface area contributed by atoms with Gasteiger partial charge in [0.05, 0.1) is 57.7 Å². The molecule has 1 atom stereocenters. The number of rotatable bonds is 17. The van der Waals surface area contributed by atoms with Crippen LogP contribution in [-0.4, -0.2) is 58.6 Å². The predicted octanol–water partition coefficient (Wildman–Crippen LogP) is 16.4. The minimum Gasteiger partial charge on any atom is -1.00 e. The van der Waals surface area contributed by atoms with Gasteiger partial charge in [0.25, 0.3) is 0 Å². The number of methoxy groups -OCH3 is 2. The largest absolute Gasteiger partial charge is 2.00 e. The standard InChI is InChI=1S/C27H22BrCl2NO3S.C20H18BrNO2S.C7H3BrCl2O.C4H10.CH4.BrH.Mg.H/c1-33-20-9-7-18(8-10-20)16-35-25-13-23(27(32)26-21(29)11-19(28)12-22(26)30)31-14-24(25)34-15-17-5-3-2-4-6-17;1-23-17-9-7-16(8-10-17)14-25-19-11-20(21)22-12-18(19)24-13-15-5-3-2-4-6-15;8-4-1-6(9)5(3-11)7(10)2-4;1-4(2)3;;;;/h2-14,27,32H,15-16H2,1H3;2-12H,13-14H2,1H3;1-3H;4H,1-3H3;1H4;1H;;/q;;;;;;+2;-1/p-1. The Morgan fingerprint density at radius 3 is 1.37 bits per heavy atom. The fourth-order valence-corrected chi connectivity index (χ4v) is 11.4. The van der Waals surface area contributed by atoms with Crippen LogP contribution in [0, 0.1) is 5.92 Å². The summed E-state index contributed by atoms with van der Waals surface area (Å²) in [5.74, 6) is 5.49. The summed E-state index contributed by atoms with van der Waals surface area (Å²) >= 11 is 37.5. The van der Waals surface area contributed by atoms with Gasteiger partial charge < -0.3 is 42.5 Å². The van der Waals surface area contributed by atoms with Crippen LogP contribution < -0.4 is 35.9 Å². The quantitative estimate of drug-likeness (QED) is 0.0411. The van der Waals surface area contributed by atoms with E-state index in [0.717, 1.165) is 68.9 Å². The zero-order valence-electron chi connectivity index (χ0n) is 43.5. The topological polar surface area (TPSA) is 100 Å². The van der Waals surface area contributed by atoms with Gasteiger partial charge in [-0.2, -0.15) is 0 Å². The molecule has 8 rings (SSSR count). The Hall–Kier alpha value is -3.00. The van der Waals surface area contributed by atoms with Crippen LogP contribution in [0.4, 0.5) is 0 Å². The number of aldehydes is 1. The van der Waals surface area contributed by atoms with Crippen LogP contribution in [0.3, 0.4) is 0 Å². The van der Waals surface area contributed by atoms with E-state index >= 15 is 0 Å². The average molecular weight is 1440 g/mol. The smallest absolute Gasteiger partial charge is 1.00 e. The normalized spacial score (nSPS) is 10.5. The summed E-state index contributed by atoms with van der Waals surface area (Å²) in [5.41, 5.74) is 5.72. The van der Waals surface area contributed by atoms with Crippen molar-refractivity contribution in [1.29, 1.82) is 0 Å². The first-order valence-corrected chi connectivity index (χ1v) is 28.9. The zero-order chi connectivity index (χ0) is 54.3. The summed E-state index contributed by atoms with van der Waals surface area (Å²) < 4.78 is 24.8. The van der Waals surface area contributed by atoms with Crippen molar-refractivity contribution in [3.8, 4) is 23.0 Å². The summed E-state index contributed by atoms with van der Waals surface area (Å²) in [6.45, 7) is 7.44. The Balaban J connectivity index is 0.000000618. The van der Waals surface area contributed by atoms with Crippen LogP contribution in [0.25, 0.3) is 0 Å². The van der Waals surface area contributed by atoms with Crippen molar-refractivity contribution in [3.05, 3.63) is 231 Å². The minimum absolute atomic E-state index is 0. The number of aromatic nitrogens is 2. The van der Waals surface area contributed by atoms with Crippen LogP contribution in [0.2, 0.25) is 20.1 Å². The molecule has 1 unspecified atom stereocenters.